The van der Waals surface area contributed by atoms with Gasteiger partial charge in [0.2, 0.25) is 0 Å². The number of Topliss-reactive ketones (excluding diaryl/α,β-unsaturated/α-hetero) is 1. The Bertz CT molecular complexity index is 598. The number of pyridine rings is 1. The first-order valence-corrected chi connectivity index (χ1v) is 6.35. The van der Waals surface area contributed by atoms with Gasteiger partial charge in [-0.2, -0.15) is 0 Å². The Hall–Kier alpha value is -1.55. The molecule has 0 N–H and O–H groups in total. The Balaban J connectivity index is 2.61. The minimum absolute atomic E-state index is 0.0215. The second-order valence-electron chi connectivity index (χ2n) is 3.83. The molecule has 0 aliphatic heterocycles. The minimum atomic E-state index is -0.376. The summed E-state index contributed by atoms with van der Waals surface area (Å²) in [5.41, 5.74) is 1.62. The zero-order valence-electron chi connectivity index (χ0n) is 9.78. The third-order valence-corrected chi connectivity index (χ3v) is 3.09. The zero-order chi connectivity index (χ0) is 13.1. The quantitative estimate of drug-likeness (QED) is 0.794. The summed E-state index contributed by atoms with van der Waals surface area (Å²) >= 11 is 3.34. The number of aromatic nitrogens is 1. The highest BCUT2D eigenvalue weighted by Gasteiger charge is 2.13. The van der Waals surface area contributed by atoms with E-state index in [1.54, 1.807) is 25.3 Å². The lowest BCUT2D eigenvalue weighted by Crippen LogP contribution is -2.01. The van der Waals surface area contributed by atoms with Crippen molar-refractivity contribution in [2.75, 3.05) is 0 Å². The second kappa shape index (κ2) is 5.40. The van der Waals surface area contributed by atoms with Gasteiger partial charge in [-0.25, -0.2) is 4.39 Å². The molecule has 1 aromatic carbocycles. The van der Waals surface area contributed by atoms with E-state index < -0.39 is 0 Å². The van der Waals surface area contributed by atoms with Crippen molar-refractivity contribution in [3.8, 4) is 11.3 Å². The van der Waals surface area contributed by atoms with Crippen LogP contribution in [0.1, 0.15) is 23.7 Å². The van der Waals surface area contributed by atoms with E-state index in [0.717, 1.165) is 4.47 Å². The molecule has 0 fully saturated rings. The lowest BCUT2D eigenvalue weighted by atomic mass is 9.99. The Morgan fingerprint density at radius 2 is 2.11 bits per heavy atom. The second-order valence-corrected chi connectivity index (χ2v) is 4.74. The lowest BCUT2D eigenvalue weighted by molar-refractivity contribution is 0.0988. The topological polar surface area (TPSA) is 30.0 Å². The van der Waals surface area contributed by atoms with Crippen LogP contribution in [0.15, 0.2) is 41.0 Å². The largest absolute Gasteiger partial charge is 0.294 e. The van der Waals surface area contributed by atoms with E-state index in [1.165, 1.54) is 18.2 Å². The van der Waals surface area contributed by atoms with Crippen molar-refractivity contribution in [2.45, 2.75) is 13.3 Å². The molecule has 4 heteroatoms. The predicted molar refractivity (Wildman–Crippen MR) is 72.0 cm³/mol. The van der Waals surface area contributed by atoms with Crippen molar-refractivity contribution in [1.82, 2.24) is 4.98 Å². The van der Waals surface area contributed by atoms with E-state index in [-0.39, 0.29) is 11.6 Å². The molecule has 1 aromatic heterocycles. The standard InChI is InChI=1S/C14H11BrFNO/c1-2-14(18)11-4-3-10(16)8-12(11)13-7-9(15)5-6-17-13/h3-8H,2H2,1H3. The third kappa shape index (κ3) is 2.64. The number of carbonyl (C=O) groups excluding carboxylic acids is 1. The average Bonchev–Trinajstić information content (AvgIpc) is 2.38. The van der Waals surface area contributed by atoms with Gasteiger partial charge in [0.1, 0.15) is 5.82 Å². The number of rotatable bonds is 3. The summed E-state index contributed by atoms with van der Waals surface area (Å²) in [5, 5.41) is 0. The SMILES string of the molecule is CCC(=O)c1ccc(F)cc1-c1cc(Br)ccn1. The van der Waals surface area contributed by atoms with E-state index in [9.17, 15) is 9.18 Å². The van der Waals surface area contributed by atoms with Gasteiger partial charge in [0.15, 0.2) is 5.78 Å². The molecule has 0 radical (unpaired) electrons. The van der Waals surface area contributed by atoms with Gasteiger partial charge in [0.25, 0.3) is 0 Å². The van der Waals surface area contributed by atoms with Crippen LogP contribution in [0.2, 0.25) is 0 Å². The molecule has 0 saturated heterocycles. The number of nitrogens with zero attached hydrogens (tertiary/aromatic N) is 1. The maximum absolute atomic E-state index is 13.3. The average molecular weight is 308 g/mol. The van der Waals surface area contributed by atoms with Crippen LogP contribution in [0, 0.1) is 5.82 Å². The summed E-state index contributed by atoms with van der Waals surface area (Å²) in [7, 11) is 0. The number of halogens is 2. The van der Waals surface area contributed by atoms with Crippen LogP contribution >= 0.6 is 15.9 Å². The van der Waals surface area contributed by atoms with Crippen molar-refractivity contribution in [3.05, 3.63) is 52.4 Å². The van der Waals surface area contributed by atoms with Crippen LogP contribution in [0.5, 0.6) is 0 Å². The van der Waals surface area contributed by atoms with Crippen molar-refractivity contribution in [1.29, 1.82) is 0 Å². The maximum atomic E-state index is 13.3. The van der Waals surface area contributed by atoms with E-state index in [2.05, 4.69) is 20.9 Å². The molecule has 0 amide bonds. The van der Waals surface area contributed by atoms with Gasteiger partial charge in [-0.15, -0.1) is 0 Å². The molecule has 2 nitrogen and oxygen atoms in total. The molecule has 0 aliphatic carbocycles. The van der Waals surface area contributed by atoms with Crippen molar-refractivity contribution < 1.29 is 9.18 Å². The first-order chi connectivity index (χ1) is 8.61. The van der Waals surface area contributed by atoms with Crippen molar-refractivity contribution in [2.24, 2.45) is 0 Å². The number of carbonyl (C=O) groups is 1. The van der Waals surface area contributed by atoms with E-state index >= 15 is 0 Å². The van der Waals surface area contributed by atoms with Gasteiger partial charge in [-0.3, -0.25) is 9.78 Å². The van der Waals surface area contributed by atoms with Crippen molar-refractivity contribution in [3.63, 3.8) is 0 Å². The molecule has 0 aliphatic rings. The van der Waals surface area contributed by atoms with E-state index in [0.29, 0.717) is 23.2 Å². The minimum Gasteiger partial charge on any atom is -0.294 e. The molecule has 2 rings (SSSR count). The fourth-order valence-electron chi connectivity index (χ4n) is 1.71. The number of ketones is 1. The highest BCUT2D eigenvalue weighted by atomic mass is 79.9. The predicted octanol–water partition coefficient (Wildman–Crippen LogP) is 4.24. The van der Waals surface area contributed by atoms with Crippen LogP contribution in [-0.4, -0.2) is 10.8 Å². The summed E-state index contributed by atoms with van der Waals surface area (Å²) in [6.07, 6.45) is 2.00. The molecule has 2 aromatic rings. The number of hydrogen-bond donors (Lipinski definition) is 0. The van der Waals surface area contributed by atoms with Gasteiger partial charge >= 0.3 is 0 Å². The molecule has 0 atom stereocenters. The Morgan fingerprint density at radius 1 is 1.33 bits per heavy atom. The summed E-state index contributed by atoms with van der Waals surface area (Å²) in [4.78, 5) is 16.0. The molecule has 0 unspecified atom stereocenters. The Morgan fingerprint density at radius 3 is 2.78 bits per heavy atom. The maximum Gasteiger partial charge on any atom is 0.163 e. The van der Waals surface area contributed by atoms with Gasteiger partial charge in [0.05, 0.1) is 5.69 Å². The smallest absolute Gasteiger partial charge is 0.163 e. The third-order valence-electron chi connectivity index (χ3n) is 2.60. The molecule has 92 valence electrons. The zero-order valence-corrected chi connectivity index (χ0v) is 11.4. The molecular weight excluding hydrogens is 297 g/mol. The van der Waals surface area contributed by atoms with Gasteiger partial charge in [-0.05, 0) is 30.3 Å². The summed E-state index contributed by atoms with van der Waals surface area (Å²) in [6, 6.07) is 7.70. The molecule has 0 spiro atoms. The highest BCUT2D eigenvalue weighted by molar-refractivity contribution is 9.10. The fourth-order valence-corrected chi connectivity index (χ4v) is 2.05. The summed E-state index contributed by atoms with van der Waals surface area (Å²) in [5.74, 6) is -0.397. The van der Waals surface area contributed by atoms with E-state index in [4.69, 9.17) is 0 Å². The lowest BCUT2D eigenvalue weighted by Gasteiger charge is -2.08. The molecule has 1 heterocycles. The first kappa shape index (κ1) is 12.9. The van der Waals surface area contributed by atoms with Crippen LogP contribution < -0.4 is 0 Å². The van der Waals surface area contributed by atoms with Gasteiger partial charge < -0.3 is 0 Å². The molecule has 0 bridgehead atoms. The van der Waals surface area contributed by atoms with Crippen LogP contribution in [0.25, 0.3) is 11.3 Å². The van der Waals surface area contributed by atoms with Crippen LogP contribution in [0.3, 0.4) is 0 Å². The summed E-state index contributed by atoms with van der Waals surface area (Å²) < 4.78 is 14.2. The summed E-state index contributed by atoms with van der Waals surface area (Å²) in [6.45, 7) is 1.78. The van der Waals surface area contributed by atoms with Crippen LogP contribution in [-0.2, 0) is 0 Å². The normalized spacial score (nSPS) is 10.4. The highest BCUT2D eigenvalue weighted by Crippen LogP contribution is 2.26. The Kier molecular flexibility index (Phi) is 3.87. The monoisotopic (exact) mass is 307 g/mol. The Labute approximate surface area is 113 Å². The molecular formula is C14H11BrFNO. The van der Waals surface area contributed by atoms with E-state index in [1.807, 2.05) is 0 Å². The molecule has 18 heavy (non-hydrogen) atoms. The van der Waals surface area contributed by atoms with Crippen LogP contribution in [0.4, 0.5) is 4.39 Å². The van der Waals surface area contributed by atoms with Gasteiger partial charge in [0, 0.05) is 28.2 Å². The fraction of sp³-hybridized carbons (Fsp3) is 0.143. The van der Waals surface area contributed by atoms with Crippen molar-refractivity contribution >= 4 is 21.7 Å². The number of benzene rings is 1. The van der Waals surface area contributed by atoms with Gasteiger partial charge in [-0.1, -0.05) is 22.9 Å². The number of hydrogen-bond acceptors (Lipinski definition) is 2. The molecule has 0 saturated carbocycles. The first-order valence-electron chi connectivity index (χ1n) is 5.56.